The lowest BCUT2D eigenvalue weighted by molar-refractivity contribution is 0.734. The third-order valence-corrected chi connectivity index (χ3v) is 2.74. The second-order valence-electron chi connectivity index (χ2n) is 3.63. The number of thioether (sulfide) groups is 1. The summed E-state index contributed by atoms with van der Waals surface area (Å²) in [7, 11) is 0. The predicted octanol–water partition coefficient (Wildman–Crippen LogP) is 1.12. The SMILES string of the molecule is CSc1nc(C(C)C)c(CCN)c(=O)[nH]1. The molecule has 0 saturated carbocycles. The molecule has 4 nitrogen and oxygen atoms in total. The van der Waals surface area contributed by atoms with Gasteiger partial charge in [-0.2, -0.15) is 0 Å². The molecule has 0 fully saturated rings. The quantitative estimate of drug-likeness (QED) is 0.597. The molecule has 0 aliphatic rings. The molecule has 0 radical (unpaired) electrons. The normalized spacial score (nSPS) is 11.0. The van der Waals surface area contributed by atoms with Gasteiger partial charge in [-0.25, -0.2) is 4.98 Å². The minimum atomic E-state index is -0.0523. The first-order chi connectivity index (χ1) is 7.10. The van der Waals surface area contributed by atoms with Crippen molar-refractivity contribution in [1.82, 2.24) is 9.97 Å². The summed E-state index contributed by atoms with van der Waals surface area (Å²) in [5, 5.41) is 0.671. The number of aromatic nitrogens is 2. The maximum atomic E-state index is 11.7. The smallest absolute Gasteiger partial charge is 0.255 e. The van der Waals surface area contributed by atoms with Gasteiger partial charge in [0, 0.05) is 5.56 Å². The monoisotopic (exact) mass is 227 g/mol. The summed E-state index contributed by atoms with van der Waals surface area (Å²) in [4.78, 5) is 18.9. The highest BCUT2D eigenvalue weighted by atomic mass is 32.2. The fourth-order valence-corrected chi connectivity index (χ4v) is 1.84. The number of H-pyrrole nitrogens is 1. The number of nitrogens with two attached hydrogens (primary N) is 1. The van der Waals surface area contributed by atoms with Gasteiger partial charge in [-0.05, 0) is 25.1 Å². The molecular weight excluding hydrogens is 210 g/mol. The number of aromatic amines is 1. The Bertz CT molecular complexity index is 387. The molecule has 0 bridgehead atoms. The molecule has 0 unspecified atom stereocenters. The van der Waals surface area contributed by atoms with Gasteiger partial charge in [0.25, 0.3) is 5.56 Å². The van der Waals surface area contributed by atoms with Crippen molar-refractivity contribution in [1.29, 1.82) is 0 Å². The van der Waals surface area contributed by atoms with Crippen LogP contribution in [0.4, 0.5) is 0 Å². The largest absolute Gasteiger partial charge is 0.330 e. The van der Waals surface area contributed by atoms with Crippen molar-refractivity contribution in [2.75, 3.05) is 12.8 Å². The minimum absolute atomic E-state index is 0.0523. The van der Waals surface area contributed by atoms with Crippen molar-refractivity contribution in [3.05, 3.63) is 21.6 Å². The maximum Gasteiger partial charge on any atom is 0.255 e. The molecule has 15 heavy (non-hydrogen) atoms. The maximum absolute atomic E-state index is 11.7. The summed E-state index contributed by atoms with van der Waals surface area (Å²) in [5.74, 6) is 0.250. The van der Waals surface area contributed by atoms with E-state index in [4.69, 9.17) is 5.73 Å². The Morgan fingerprint density at radius 1 is 1.53 bits per heavy atom. The van der Waals surface area contributed by atoms with E-state index in [0.717, 1.165) is 11.3 Å². The topological polar surface area (TPSA) is 71.8 Å². The third kappa shape index (κ3) is 2.82. The standard InChI is InChI=1S/C10H17N3OS/c1-6(2)8-7(4-5-11)9(14)13-10(12-8)15-3/h6H,4-5,11H2,1-3H3,(H,12,13,14). The van der Waals surface area contributed by atoms with E-state index in [1.54, 1.807) is 0 Å². The molecule has 1 aromatic rings. The number of nitrogens with one attached hydrogen (secondary N) is 1. The number of hydrogen-bond acceptors (Lipinski definition) is 4. The van der Waals surface area contributed by atoms with Crippen LogP contribution in [0.25, 0.3) is 0 Å². The zero-order valence-corrected chi connectivity index (χ0v) is 10.1. The highest BCUT2D eigenvalue weighted by molar-refractivity contribution is 7.98. The van der Waals surface area contributed by atoms with E-state index in [0.29, 0.717) is 18.1 Å². The summed E-state index contributed by atoms with van der Waals surface area (Å²) in [5.41, 5.74) is 7.03. The first kappa shape index (κ1) is 12.3. The van der Waals surface area contributed by atoms with Crippen LogP contribution in [0.1, 0.15) is 31.0 Å². The van der Waals surface area contributed by atoms with Crippen LogP contribution in [0, 0.1) is 0 Å². The minimum Gasteiger partial charge on any atom is -0.330 e. The Labute approximate surface area is 93.7 Å². The molecule has 1 aromatic heterocycles. The van der Waals surface area contributed by atoms with Crippen molar-refractivity contribution in [2.45, 2.75) is 31.3 Å². The van der Waals surface area contributed by atoms with Crippen molar-refractivity contribution < 1.29 is 0 Å². The van der Waals surface area contributed by atoms with Gasteiger partial charge in [-0.3, -0.25) is 4.79 Å². The highest BCUT2D eigenvalue weighted by Gasteiger charge is 2.13. The molecule has 0 aliphatic carbocycles. The third-order valence-electron chi connectivity index (χ3n) is 2.16. The second kappa shape index (κ2) is 5.32. The van der Waals surface area contributed by atoms with Crippen LogP contribution in [-0.2, 0) is 6.42 Å². The Hall–Kier alpha value is -0.810. The fourth-order valence-electron chi connectivity index (χ4n) is 1.45. The summed E-state index contributed by atoms with van der Waals surface area (Å²) < 4.78 is 0. The molecule has 0 aromatic carbocycles. The van der Waals surface area contributed by atoms with Gasteiger partial charge >= 0.3 is 0 Å². The van der Waals surface area contributed by atoms with E-state index < -0.39 is 0 Å². The molecule has 0 atom stereocenters. The van der Waals surface area contributed by atoms with Crippen LogP contribution in [-0.4, -0.2) is 22.8 Å². The predicted molar refractivity (Wildman–Crippen MR) is 63.5 cm³/mol. The van der Waals surface area contributed by atoms with Gasteiger partial charge in [0.1, 0.15) is 0 Å². The van der Waals surface area contributed by atoms with E-state index in [1.165, 1.54) is 11.8 Å². The van der Waals surface area contributed by atoms with Gasteiger partial charge in [0.05, 0.1) is 5.69 Å². The lowest BCUT2D eigenvalue weighted by Gasteiger charge is -2.11. The average molecular weight is 227 g/mol. The average Bonchev–Trinajstić information content (AvgIpc) is 2.20. The zero-order valence-electron chi connectivity index (χ0n) is 9.33. The van der Waals surface area contributed by atoms with Crippen LogP contribution in [0.15, 0.2) is 9.95 Å². The summed E-state index contributed by atoms with van der Waals surface area (Å²) >= 11 is 1.44. The Morgan fingerprint density at radius 3 is 2.67 bits per heavy atom. The molecule has 0 amide bonds. The van der Waals surface area contributed by atoms with Gasteiger partial charge < -0.3 is 10.7 Å². The van der Waals surface area contributed by atoms with Gasteiger partial charge in [-0.15, -0.1) is 0 Å². The number of hydrogen-bond donors (Lipinski definition) is 2. The molecular formula is C10H17N3OS. The van der Waals surface area contributed by atoms with E-state index >= 15 is 0 Å². The highest BCUT2D eigenvalue weighted by Crippen LogP contribution is 2.17. The molecule has 0 aliphatic heterocycles. The van der Waals surface area contributed by atoms with E-state index in [9.17, 15) is 4.79 Å². The van der Waals surface area contributed by atoms with Crippen molar-refractivity contribution in [2.24, 2.45) is 5.73 Å². The summed E-state index contributed by atoms with van der Waals surface area (Å²) in [6, 6.07) is 0. The molecule has 1 rings (SSSR count). The zero-order chi connectivity index (χ0) is 11.4. The number of rotatable bonds is 4. The van der Waals surface area contributed by atoms with Crippen LogP contribution in [0.3, 0.4) is 0 Å². The first-order valence-corrected chi connectivity index (χ1v) is 6.19. The molecule has 0 spiro atoms. The Balaban J connectivity index is 3.29. The van der Waals surface area contributed by atoms with Gasteiger partial charge in [-0.1, -0.05) is 25.6 Å². The lowest BCUT2D eigenvalue weighted by Crippen LogP contribution is -2.22. The van der Waals surface area contributed by atoms with E-state index in [1.807, 2.05) is 20.1 Å². The fraction of sp³-hybridized carbons (Fsp3) is 0.600. The van der Waals surface area contributed by atoms with Crippen LogP contribution < -0.4 is 11.3 Å². The van der Waals surface area contributed by atoms with Crippen molar-refractivity contribution in [3.63, 3.8) is 0 Å². The van der Waals surface area contributed by atoms with Crippen LogP contribution >= 0.6 is 11.8 Å². The first-order valence-electron chi connectivity index (χ1n) is 4.97. The lowest BCUT2D eigenvalue weighted by atomic mass is 10.0. The summed E-state index contributed by atoms with van der Waals surface area (Å²) in [6.45, 7) is 4.54. The van der Waals surface area contributed by atoms with Gasteiger partial charge in [0.15, 0.2) is 5.16 Å². The van der Waals surface area contributed by atoms with Crippen LogP contribution in [0.2, 0.25) is 0 Å². The van der Waals surface area contributed by atoms with Gasteiger partial charge in [0.2, 0.25) is 0 Å². The summed E-state index contributed by atoms with van der Waals surface area (Å²) in [6.07, 6.45) is 2.48. The van der Waals surface area contributed by atoms with Crippen molar-refractivity contribution >= 4 is 11.8 Å². The number of nitrogens with zero attached hydrogens (tertiary/aromatic N) is 1. The van der Waals surface area contributed by atoms with Crippen molar-refractivity contribution in [3.8, 4) is 0 Å². The van der Waals surface area contributed by atoms with E-state index in [-0.39, 0.29) is 11.5 Å². The van der Waals surface area contributed by atoms with E-state index in [2.05, 4.69) is 9.97 Å². The molecule has 1 heterocycles. The molecule has 84 valence electrons. The second-order valence-corrected chi connectivity index (χ2v) is 4.43. The molecule has 5 heteroatoms. The molecule has 3 N–H and O–H groups in total. The molecule has 0 saturated heterocycles. The van der Waals surface area contributed by atoms with Crippen LogP contribution in [0.5, 0.6) is 0 Å². The Morgan fingerprint density at radius 2 is 2.20 bits per heavy atom. The Kier molecular flexibility index (Phi) is 4.35.